The predicted molar refractivity (Wildman–Crippen MR) is 38.0 cm³/mol. The van der Waals surface area contributed by atoms with Crippen LogP contribution in [-0.4, -0.2) is 25.5 Å². The van der Waals surface area contributed by atoms with E-state index in [9.17, 15) is 8.78 Å². The molecule has 0 aromatic carbocycles. The molecule has 0 amide bonds. The zero-order valence-corrected chi connectivity index (χ0v) is 6.15. The van der Waals surface area contributed by atoms with Crippen molar-refractivity contribution in [2.24, 2.45) is 5.73 Å². The van der Waals surface area contributed by atoms with E-state index >= 15 is 0 Å². The SMILES string of the molecule is N=C(N)CCCOCC(F)F. The summed E-state index contributed by atoms with van der Waals surface area (Å²) in [5, 5.41) is 6.79. The summed E-state index contributed by atoms with van der Waals surface area (Å²) in [6, 6.07) is 0. The molecule has 0 radical (unpaired) electrons. The lowest BCUT2D eigenvalue weighted by Crippen LogP contribution is -2.11. The fourth-order valence-electron chi connectivity index (χ4n) is 0.537. The van der Waals surface area contributed by atoms with Gasteiger partial charge in [-0.25, -0.2) is 8.78 Å². The summed E-state index contributed by atoms with van der Waals surface area (Å²) < 4.78 is 27.4. The highest BCUT2D eigenvalue weighted by Crippen LogP contribution is 1.94. The molecule has 0 heterocycles. The van der Waals surface area contributed by atoms with Crippen molar-refractivity contribution in [3.05, 3.63) is 0 Å². The lowest BCUT2D eigenvalue weighted by atomic mass is 10.3. The maximum Gasteiger partial charge on any atom is 0.261 e. The van der Waals surface area contributed by atoms with Gasteiger partial charge in [0, 0.05) is 13.0 Å². The maximum atomic E-state index is 11.4. The molecule has 0 atom stereocenters. The van der Waals surface area contributed by atoms with Gasteiger partial charge in [-0.1, -0.05) is 0 Å². The van der Waals surface area contributed by atoms with Gasteiger partial charge < -0.3 is 10.5 Å². The van der Waals surface area contributed by atoms with Crippen molar-refractivity contribution in [3.8, 4) is 0 Å². The van der Waals surface area contributed by atoms with Gasteiger partial charge in [0.2, 0.25) is 0 Å². The third-order valence-corrected chi connectivity index (χ3v) is 0.979. The average Bonchev–Trinajstić information content (AvgIpc) is 1.85. The van der Waals surface area contributed by atoms with Gasteiger partial charge in [-0.3, -0.25) is 5.41 Å². The molecular weight excluding hydrogens is 154 g/mol. The van der Waals surface area contributed by atoms with Crippen LogP contribution < -0.4 is 5.73 Å². The molecule has 0 rings (SSSR count). The van der Waals surface area contributed by atoms with Crippen LogP contribution in [0.4, 0.5) is 8.78 Å². The van der Waals surface area contributed by atoms with Crippen LogP contribution in [0.2, 0.25) is 0 Å². The standard InChI is InChI=1S/C6H12F2N2O/c7-5(8)4-11-3-1-2-6(9)10/h5H,1-4H2,(H3,9,10). The summed E-state index contributed by atoms with van der Waals surface area (Å²) >= 11 is 0. The molecule has 0 aromatic rings. The lowest BCUT2D eigenvalue weighted by molar-refractivity contribution is 0.0172. The van der Waals surface area contributed by atoms with E-state index in [2.05, 4.69) is 4.74 Å². The third kappa shape index (κ3) is 9.29. The van der Waals surface area contributed by atoms with Crippen LogP contribution in [0, 0.1) is 5.41 Å². The van der Waals surface area contributed by atoms with E-state index in [4.69, 9.17) is 11.1 Å². The fraction of sp³-hybridized carbons (Fsp3) is 0.833. The summed E-state index contributed by atoms with van der Waals surface area (Å²) in [5.74, 6) is 0.0608. The molecule has 0 saturated heterocycles. The molecule has 3 N–H and O–H groups in total. The van der Waals surface area contributed by atoms with E-state index in [0.29, 0.717) is 12.8 Å². The second kappa shape index (κ2) is 6.03. The van der Waals surface area contributed by atoms with E-state index in [1.54, 1.807) is 0 Å². The molecule has 0 bridgehead atoms. The summed E-state index contributed by atoms with van der Waals surface area (Å²) in [4.78, 5) is 0. The molecule has 3 nitrogen and oxygen atoms in total. The number of hydrogen-bond donors (Lipinski definition) is 2. The zero-order valence-electron chi connectivity index (χ0n) is 6.15. The number of amidine groups is 1. The summed E-state index contributed by atoms with van der Waals surface area (Å²) in [5.41, 5.74) is 5.01. The number of nitrogens with two attached hydrogens (primary N) is 1. The summed E-state index contributed by atoms with van der Waals surface area (Å²) in [6.07, 6.45) is -1.47. The van der Waals surface area contributed by atoms with Crippen molar-refractivity contribution in [2.75, 3.05) is 13.2 Å². The molecular formula is C6H12F2N2O. The molecule has 0 aliphatic rings. The number of alkyl halides is 2. The van der Waals surface area contributed by atoms with Crippen molar-refractivity contribution in [1.82, 2.24) is 0 Å². The molecule has 0 aliphatic heterocycles. The first kappa shape index (κ1) is 10.3. The minimum Gasteiger partial charge on any atom is -0.388 e. The number of halogens is 2. The first-order chi connectivity index (χ1) is 5.13. The van der Waals surface area contributed by atoms with E-state index in [1.807, 2.05) is 0 Å². The van der Waals surface area contributed by atoms with Gasteiger partial charge in [0.1, 0.15) is 6.61 Å². The highest BCUT2D eigenvalue weighted by atomic mass is 19.3. The van der Waals surface area contributed by atoms with Crippen LogP contribution in [0.1, 0.15) is 12.8 Å². The first-order valence-corrected chi connectivity index (χ1v) is 3.31. The summed E-state index contributed by atoms with van der Waals surface area (Å²) in [6.45, 7) is -0.290. The van der Waals surface area contributed by atoms with Crippen LogP contribution in [0.25, 0.3) is 0 Å². The van der Waals surface area contributed by atoms with Crippen molar-refractivity contribution < 1.29 is 13.5 Å². The number of rotatable bonds is 6. The highest BCUT2D eigenvalue weighted by Gasteiger charge is 2.00. The van der Waals surface area contributed by atoms with Gasteiger partial charge in [-0.05, 0) is 6.42 Å². The van der Waals surface area contributed by atoms with E-state index < -0.39 is 13.0 Å². The molecule has 0 unspecified atom stereocenters. The van der Waals surface area contributed by atoms with E-state index in [0.717, 1.165) is 0 Å². The minimum atomic E-state index is -2.41. The van der Waals surface area contributed by atoms with Crippen LogP contribution in [0.15, 0.2) is 0 Å². The van der Waals surface area contributed by atoms with Gasteiger partial charge in [0.15, 0.2) is 0 Å². The van der Waals surface area contributed by atoms with Crippen LogP contribution in [0.5, 0.6) is 0 Å². The number of nitrogens with one attached hydrogen (secondary N) is 1. The quantitative estimate of drug-likeness (QED) is 0.351. The van der Waals surface area contributed by atoms with Crippen molar-refractivity contribution in [3.63, 3.8) is 0 Å². The van der Waals surface area contributed by atoms with Gasteiger partial charge >= 0.3 is 0 Å². The van der Waals surface area contributed by atoms with Crippen LogP contribution in [0.3, 0.4) is 0 Å². The maximum absolute atomic E-state index is 11.4. The highest BCUT2D eigenvalue weighted by molar-refractivity contribution is 5.76. The smallest absolute Gasteiger partial charge is 0.261 e. The first-order valence-electron chi connectivity index (χ1n) is 3.31. The Morgan fingerprint density at radius 1 is 1.55 bits per heavy atom. The lowest BCUT2D eigenvalue weighted by Gasteiger charge is -2.01. The van der Waals surface area contributed by atoms with Gasteiger partial charge in [-0.2, -0.15) is 0 Å². The minimum absolute atomic E-state index is 0.0608. The Balaban J connectivity index is 2.97. The summed E-state index contributed by atoms with van der Waals surface area (Å²) in [7, 11) is 0. The molecule has 5 heteroatoms. The Labute approximate surface area is 64.0 Å². The molecule has 0 spiro atoms. The molecule has 0 aliphatic carbocycles. The monoisotopic (exact) mass is 166 g/mol. The largest absolute Gasteiger partial charge is 0.388 e. The molecule has 0 saturated carbocycles. The predicted octanol–water partition coefficient (Wildman–Crippen LogP) is 0.984. The molecule has 66 valence electrons. The average molecular weight is 166 g/mol. The van der Waals surface area contributed by atoms with Crippen LogP contribution >= 0.6 is 0 Å². The van der Waals surface area contributed by atoms with Crippen molar-refractivity contribution in [1.29, 1.82) is 5.41 Å². The van der Waals surface area contributed by atoms with Crippen LogP contribution in [-0.2, 0) is 4.74 Å². The van der Waals surface area contributed by atoms with Gasteiger partial charge in [0.05, 0.1) is 5.84 Å². The number of ether oxygens (including phenoxy) is 1. The Hall–Kier alpha value is -0.710. The Bertz CT molecular complexity index is 119. The zero-order chi connectivity index (χ0) is 8.69. The second-order valence-corrected chi connectivity index (χ2v) is 2.09. The van der Waals surface area contributed by atoms with Crippen molar-refractivity contribution >= 4 is 5.84 Å². The Kier molecular flexibility index (Phi) is 5.64. The van der Waals surface area contributed by atoms with Gasteiger partial charge in [-0.15, -0.1) is 0 Å². The normalized spacial score (nSPS) is 10.5. The van der Waals surface area contributed by atoms with Gasteiger partial charge in [0.25, 0.3) is 6.43 Å². The van der Waals surface area contributed by atoms with Crippen molar-refractivity contribution in [2.45, 2.75) is 19.3 Å². The van der Waals surface area contributed by atoms with E-state index in [1.165, 1.54) is 0 Å². The molecule has 0 aromatic heterocycles. The third-order valence-electron chi connectivity index (χ3n) is 0.979. The second-order valence-electron chi connectivity index (χ2n) is 2.09. The van der Waals surface area contributed by atoms with E-state index in [-0.39, 0.29) is 12.4 Å². The Morgan fingerprint density at radius 3 is 2.64 bits per heavy atom. The molecule has 11 heavy (non-hydrogen) atoms. The number of hydrogen-bond acceptors (Lipinski definition) is 2. The fourth-order valence-corrected chi connectivity index (χ4v) is 0.537. The topological polar surface area (TPSA) is 59.1 Å². The Morgan fingerprint density at radius 2 is 2.18 bits per heavy atom. The molecule has 0 fully saturated rings.